The van der Waals surface area contributed by atoms with E-state index < -0.39 is 73.4 Å². The van der Waals surface area contributed by atoms with Crippen LogP contribution in [0.25, 0.3) is 0 Å². The standard InChI is InChI=1S/C15H27N5O8/c1-6(2)11(17)14(26)20-9(5-22)13(25)19-8(4-21)12(24)18-7(15(27)28)3-10(16)23/h6-9,11,21-22H,3-5,17H2,1-2H3,(H2,16,23)(H,18,24)(H,19,25)(H,20,26)(H,27,28). The molecule has 0 saturated heterocycles. The number of rotatable bonds is 12. The lowest BCUT2D eigenvalue weighted by atomic mass is 10.0. The molecule has 13 nitrogen and oxygen atoms in total. The third-order valence-electron chi connectivity index (χ3n) is 3.67. The highest BCUT2D eigenvalue weighted by molar-refractivity contribution is 5.95. The molecule has 0 radical (unpaired) electrons. The lowest BCUT2D eigenvalue weighted by molar-refractivity contribution is -0.144. The number of aliphatic carboxylic acids is 1. The first-order valence-electron chi connectivity index (χ1n) is 8.34. The first-order chi connectivity index (χ1) is 12.9. The lowest BCUT2D eigenvalue weighted by Crippen LogP contribution is -2.59. The predicted molar refractivity (Wildman–Crippen MR) is 94.2 cm³/mol. The molecule has 0 heterocycles. The Morgan fingerprint density at radius 1 is 0.821 bits per heavy atom. The second kappa shape index (κ2) is 11.8. The Hall–Kier alpha value is -2.77. The van der Waals surface area contributed by atoms with E-state index in [0.717, 1.165) is 0 Å². The Morgan fingerprint density at radius 3 is 1.54 bits per heavy atom. The summed E-state index contributed by atoms with van der Waals surface area (Å²) in [5.41, 5.74) is 10.5. The van der Waals surface area contributed by atoms with Crippen molar-refractivity contribution in [3.8, 4) is 0 Å². The fourth-order valence-electron chi connectivity index (χ4n) is 1.90. The van der Waals surface area contributed by atoms with Crippen molar-refractivity contribution in [2.24, 2.45) is 17.4 Å². The van der Waals surface area contributed by atoms with Gasteiger partial charge in [-0.1, -0.05) is 13.8 Å². The molecule has 0 aliphatic carbocycles. The molecule has 4 amide bonds. The fraction of sp³-hybridized carbons (Fsp3) is 0.667. The zero-order valence-corrected chi connectivity index (χ0v) is 15.5. The molecule has 0 spiro atoms. The molecule has 0 aromatic rings. The van der Waals surface area contributed by atoms with Crippen LogP contribution >= 0.6 is 0 Å². The molecule has 0 saturated carbocycles. The van der Waals surface area contributed by atoms with E-state index in [1.54, 1.807) is 13.8 Å². The Balaban J connectivity index is 5.02. The highest BCUT2D eigenvalue weighted by atomic mass is 16.4. The molecule has 0 aromatic carbocycles. The molecule has 4 atom stereocenters. The molecule has 28 heavy (non-hydrogen) atoms. The molecule has 0 aliphatic heterocycles. The quantitative estimate of drug-likeness (QED) is 0.156. The number of aliphatic hydroxyl groups excluding tert-OH is 2. The van der Waals surface area contributed by atoms with E-state index in [0.29, 0.717) is 0 Å². The lowest BCUT2D eigenvalue weighted by Gasteiger charge is -2.23. The molecule has 0 fully saturated rings. The number of nitrogens with one attached hydrogen (secondary N) is 3. The molecule has 0 bridgehead atoms. The van der Waals surface area contributed by atoms with Crippen LogP contribution in [-0.4, -0.2) is 82.3 Å². The normalized spacial score (nSPS) is 15.1. The van der Waals surface area contributed by atoms with E-state index in [9.17, 15) is 34.2 Å². The van der Waals surface area contributed by atoms with Crippen molar-refractivity contribution >= 4 is 29.6 Å². The van der Waals surface area contributed by atoms with Crippen molar-refractivity contribution < 1.29 is 39.3 Å². The van der Waals surface area contributed by atoms with Gasteiger partial charge < -0.3 is 42.7 Å². The minimum atomic E-state index is -1.66. The number of carboxylic acids is 1. The number of nitrogens with two attached hydrogens (primary N) is 2. The smallest absolute Gasteiger partial charge is 0.326 e. The van der Waals surface area contributed by atoms with E-state index in [4.69, 9.17) is 16.6 Å². The number of primary amides is 1. The van der Waals surface area contributed by atoms with Gasteiger partial charge >= 0.3 is 5.97 Å². The molecule has 0 rings (SSSR count). The number of carbonyl (C=O) groups is 5. The predicted octanol–water partition coefficient (Wildman–Crippen LogP) is -4.63. The van der Waals surface area contributed by atoms with Crippen molar-refractivity contribution in [1.29, 1.82) is 0 Å². The summed E-state index contributed by atoms with van der Waals surface area (Å²) in [4.78, 5) is 58.0. The number of hydrogen-bond acceptors (Lipinski definition) is 8. The van der Waals surface area contributed by atoms with Crippen LogP contribution in [0.3, 0.4) is 0 Å². The van der Waals surface area contributed by atoms with E-state index >= 15 is 0 Å². The molecular formula is C15H27N5O8. The van der Waals surface area contributed by atoms with E-state index in [1.165, 1.54) is 0 Å². The van der Waals surface area contributed by atoms with Gasteiger partial charge in [-0.05, 0) is 5.92 Å². The zero-order chi connectivity index (χ0) is 22.0. The molecule has 13 heteroatoms. The molecule has 160 valence electrons. The number of amides is 4. The van der Waals surface area contributed by atoms with Crippen LogP contribution in [0.15, 0.2) is 0 Å². The average Bonchev–Trinajstić information content (AvgIpc) is 2.61. The highest BCUT2D eigenvalue weighted by Crippen LogP contribution is 1.99. The van der Waals surface area contributed by atoms with E-state index in [-0.39, 0.29) is 5.92 Å². The monoisotopic (exact) mass is 405 g/mol. The van der Waals surface area contributed by atoms with Crippen LogP contribution < -0.4 is 27.4 Å². The van der Waals surface area contributed by atoms with Crippen molar-refractivity contribution in [3.63, 3.8) is 0 Å². The topological polar surface area (TPSA) is 234 Å². The second-order valence-corrected chi connectivity index (χ2v) is 6.33. The van der Waals surface area contributed by atoms with Crippen molar-refractivity contribution in [1.82, 2.24) is 16.0 Å². The van der Waals surface area contributed by atoms with Gasteiger partial charge in [0, 0.05) is 0 Å². The first kappa shape index (κ1) is 25.2. The Morgan fingerprint density at radius 2 is 1.21 bits per heavy atom. The van der Waals surface area contributed by atoms with Gasteiger partial charge in [0.25, 0.3) is 0 Å². The third kappa shape index (κ3) is 8.28. The van der Waals surface area contributed by atoms with Crippen LogP contribution in [0.2, 0.25) is 0 Å². The van der Waals surface area contributed by atoms with Gasteiger partial charge in [-0.15, -0.1) is 0 Å². The summed E-state index contributed by atoms with van der Waals surface area (Å²) in [7, 11) is 0. The fourth-order valence-corrected chi connectivity index (χ4v) is 1.90. The number of carbonyl (C=O) groups excluding carboxylic acids is 4. The molecule has 0 aromatic heterocycles. The van der Waals surface area contributed by atoms with Gasteiger partial charge in [0.05, 0.1) is 25.7 Å². The van der Waals surface area contributed by atoms with Crippen LogP contribution in [0.4, 0.5) is 0 Å². The van der Waals surface area contributed by atoms with Crippen LogP contribution in [-0.2, 0) is 24.0 Å². The molecule has 0 aliphatic rings. The van der Waals surface area contributed by atoms with Crippen molar-refractivity contribution in [2.75, 3.05) is 13.2 Å². The molecule has 10 N–H and O–H groups in total. The summed E-state index contributed by atoms with van der Waals surface area (Å²) in [5, 5.41) is 33.8. The van der Waals surface area contributed by atoms with Gasteiger partial charge in [-0.25, -0.2) is 4.79 Å². The SMILES string of the molecule is CC(C)C(N)C(=O)NC(CO)C(=O)NC(CO)C(=O)NC(CC(N)=O)C(=O)O. The Labute approximate surface area is 160 Å². The summed E-state index contributed by atoms with van der Waals surface area (Å²) >= 11 is 0. The Kier molecular flexibility index (Phi) is 10.7. The van der Waals surface area contributed by atoms with Crippen LogP contribution in [0, 0.1) is 5.92 Å². The van der Waals surface area contributed by atoms with Crippen molar-refractivity contribution in [3.05, 3.63) is 0 Å². The minimum Gasteiger partial charge on any atom is -0.480 e. The summed E-state index contributed by atoms with van der Waals surface area (Å²) in [6.07, 6.45) is -0.699. The molecule has 4 unspecified atom stereocenters. The molecular weight excluding hydrogens is 378 g/mol. The number of carboxylic acid groups (broad SMARTS) is 1. The Bertz CT molecular complexity index is 597. The number of aliphatic hydroxyl groups is 2. The summed E-state index contributed by atoms with van der Waals surface area (Å²) in [5.74, 6) is -5.59. The summed E-state index contributed by atoms with van der Waals surface area (Å²) in [6, 6.07) is -5.66. The second-order valence-electron chi connectivity index (χ2n) is 6.33. The van der Waals surface area contributed by atoms with E-state index in [2.05, 4.69) is 10.6 Å². The van der Waals surface area contributed by atoms with Gasteiger partial charge in [-0.3, -0.25) is 19.2 Å². The summed E-state index contributed by atoms with van der Waals surface area (Å²) in [6.45, 7) is 1.62. The number of hydrogen-bond donors (Lipinski definition) is 8. The summed E-state index contributed by atoms with van der Waals surface area (Å²) < 4.78 is 0. The van der Waals surface area contributed by atoms with Crippen molar-refractivity contribution in [2.45, 2.75) is 44.4 Å². The van der Waals surface area contributed by atoms with Gasteiger partial charge in [0.2, 0.25) is 23.6 Å². The van der Waals surface area contributed by atoms with Gasteiger partial charge in [-0.2, -0.15) is 0 Å². The largest absolute Gasteiger partial charge is 0.480 e. The highest BCUT2D eigenvalue weighted by Gasteiger charge is 2.30. The van der Waals surface area contributed by atoms with Crippen LogP contribution in [0.1, 0.15) is 20.3 Å². The zero-order valence-electron chi connectivity index (χ0n) is 15.5. The maximum absolute atomic E-state index is 12.2. The van der Waals surface area contributed by atoms with Gasteiger partial charge in [0.1, 0.15) is 18.1 Å². The first-order valence-corrected chi connectivity index (χ1v) is 8.34. The van der Waals surface area contributed by atoms with Gasteiger partial charge in [0.15, 0.2) is 0 Å². The van der Waals surface area contributed by atoms with E-state index in [1.807, 2.05) is 5.32 Å². The maximum atomic E-state index is 12.2. The maximum Gasteiger partial charge on any atom is 0.326 e. The average molecular weight is 405 g/mol. The minimum absolute atomic E-state index is 0.239. The van der Waals surface area contributed by atoms with Crippen LogP contribution in [0.5, 0.6) is 0 Å². The third-order valence-corrected chi connectivity index (χ3v) is 3.67.